The van der Waals surface area contributed by atoms with Crippen molar-refractivity contribution in [2.45, 2.75) is 72.3 Å². The summed E-state index contributed by atoms with van der Waals surface area (Å²) in [6, 6.07) is 0.637. The lowest BCUT2D eigenvalue weighted by Crippen LogP contribution is -2.43. The molecular formula is C17H36N2. The van der Waals surface area contributed by atoms with Crippen molar-refractivity contribution in [3.05, 3.63) is 0 Å². The van der Waals surface area contributed by atoms with Crippen LogP contribution in [0.5, 0.6) is 0 Å². The van der Waals surface area contributed by atoms with Gasteiger partial charge in [0, 0.05) is 12.6 Å². The summed E-state index contributed by atoms with van der Waals surface area (Å²) in [4.78, 5) is 2.56. The van der Waals surface area contributed by atoms with E-state index in [1.165, 1.54) is 51.6 Å². The lowest BCUT2D eigenvalue weighted by atomic mass is 9.84. The first-order chi connectivity index (χ1) is 8.93. The molecule has 0 saturated heterocycles. The predicted octanol–water partition coefficient (Wildman–Crippen LogP) is 3.91. The van der Waals surface area contributed by atoms with Crippen molar-refractivity contribution < 1.29 is 0 Å². The molecule has 1 aliphatic carbocycles. The molecule has 1 N–H and O–H groups in total. The monoisotopic (exact) mass is 268 g/mol. The first-order valence-electron chi connectivity index (χ1n) is 8.35. The van der Waals surface area contributed by atoms with Gasteiger partial charge in [-0.25, -0.2) is 0 Å². The van der Waals surface area contributed by atoms with E-state index in [-0.39, 0.29) is 0 Å². The second-order valence-corrected chi connectivity index (χ2v) is 7.57. The van der Waals surface area contributed by atoms with Gasteiger partial charge in [-0.2, -0.15) is 0 Å². The van der Waals surface area contributed by atoms with Crippen LogP contribution in [0.1, 0.15) is 66.2 Å². The van der Waals surface area contributed by atoms with E-state index in [9.17, 15) is 0 Å². The molecule has 19 heavy (non-hydrogen) atoms. The number of nitrogens with one attached hydrogen (secondary N) is 1. The van der Waals surface area contributed by atoms with Gasteiger partial charge in [0.05, 0.1) is 0 Å². The van der Waals surface area contributed by atoms with Gasteiger partial charge < -0.3 is 10.2 Å². The van der Waals surface area contributed by atoms with Gasteiger partial charge in [0.2, 0.25) is 0 Å². The molecule has 0 aromatic carbocycles. The van der Waals surface area contributed by atoms with Crippen LogP contribution in [0.15, 0.2) is 0 Å². The highest BCUT2D eigenvalue weighted by Crippen LogP contribution is 2.26. The van der Waals surface area contributed by atoms with E-state index >= 15 is 0 Å². The molecule has 0 radical (unpaired) electrons. The van der Waals surface area contributed by atoms with Crippen LogP contribution in [0.2, 0.25) is 0 Å². The Hall–Kier alpha value is -0.0800. The fourth-order valence-corrected chi connectivity index (χ4v) is 3.23. The average Bonchev–Trinajstić information content (AvgIpc) is 2.80. The zero-order chi connectivity index (χ0) is 14.3. The summed E-state index contributed by atoms with van der Waals surface area (Å²) in [5.74, 6) is 0.974. The van der Waals surface area contributed by atoms with Gasteiger partial charge >= 0.3 is 0 Å². The molecule has 1 atom stereocenters. The highest BCUT2D eigenvalue weighted by Gasteiger charge is 2.24. The van der Waals surface area contributed by atoms with E-state index in [0.29, 0.717) is 11.5 Å². The predicted molar refractivity (Wildman–Crippen MR) is 85.6 cm³/mol. The molecule has 2 heteroatoms. The van der Waals surface area contributed by atoms with E-state index in [0.717, 1.165) is 12.5 Å². The second kappa shape index (κ2) is 8.26. The molecule has 0 spiro atoms. The molecule has 1 unspecified atom stereocenters. The maximum absolute atomic E-state index is 3.73. The SMILES string of the molecule is CCCNC(CCN(C)CC1CCCC1)C(C)(C)C. The average molecular weight is 268 g/mol. The van der Waals surface area contributed by atoms with E-state index < -0.39 is 0 Å². The summed E-state index contributed by atoms with van der Waals surface area (Å²) in [6.45, 7) is 13.0. The second-order valence-electron chi connectivity index (χ2n) is 7.57. The third-order valence-electron chi connectivity index (χ3n) is 4.53. The topological polar surface area (TPSA) is 15.3 Å². The minimum absolute atomic E-state index is 0.364. The molecule has 0 aromatic heterocycles. The Balaban J connectivity index is 2.29. The lowest BCUT2D eigenvalue weighted by molar-refractivity contribution is 0.209. The Kier molecular flexibility index (Phi) is 7.38. The van der Waals surface area contributed by atoms with E-state index in [1.807, 2.05) is 0 Å². The molecule has 114 valence electrons. The van der Waals surface area contributed by atoms with Gasteiger partial charge in [-0.15, -0.1) is 0 Å². The van der Waals surface area contributed by atoms with Crippen molar-refractivity contribution in [1.82, 2.24) is 10.2 Å². The maximum atomic E-state index is 3.73. The standard InChI is InChI=1S/C17H36N2/c1-6-12-18-16(17(2,3)4)11-13-19(5)14-15-9-7-8-10-15/h15-16,18H,6-14H2,1-5H3. The number of hydrogen-bond acceptors (Lipinski definition) is 2. The Labute approximate surface area is 121 Å². The zero-order valence-corrected chi connectivity index (χ0v) is 14.0. The number of rotatable bonds is 8. The molecule has 0 aliphatic heterocycles. The van der Waals surface area contributed by atoms with Gasteiger partial charge in [-0.05, 0) is 57.2 Å². The summed E-state index contributed by atoms with van der Waals surface area (Å²) >= 11 is 0. The van der Waals surface area contributed by atoms with Crippen LogP contribution in [0.25, 0.3) is 0 Å². The third-order valence-corrected chi connectivity index (χ3v) is 4.53. The number of nitrogens with zero attached hydrogens (tertiary/aromatic N) is 1. The van der Waals surface area contributed by atoms with Crippen LogP contribution >= 0.6 is 0 Å². The summed E-state index contributed by atoms with van der Waals surface area (Å²) in [7, 11) is 2.30. The number of hydrogen-bond donors (Lipinski definition) is 1. The zero-order valence-electron chi connectivity index (χ0n) is 14.0. The Morgan fingerprint density at radius 1 is 1.21 bits per heavy atom. The Morgan fingerprint density at radius 2 is 1.84 bits per heavy atom. The van der Waals surface area contributed by atoms with Crippen LogP contribution in [0.4, 0.5) is 0 Å². The maximum Gasteiger partial charge on any atom is 0.0128 e. The van der Waals surface area contributed by atoms with Gasteiger partial charge in [0.25, 0.3) is 0 Å². The quantitative estimate of drug-likeness (QED) is 0.718. The minimum atomic E-state index is 0.364. The van der Waals surface area contributed by atoms with Crippen molar-refractivity contribution in [2.24, 2.45) is 11.3 Å². The van der Waals surface area contributed by atoms with Crippen LogP contribution in [0, 0.1) is 11.3 Å². The summed E-state index contributed by atoms with van der Waals surface area (Å²) in [5.41, 5.74) is 0.364. The van der Waals surface area contributed by atoms with Gasteiger partial charge in [-0.1, -0.05) is 40.5 Å². The van der Waals surface area contributed by atoms with Crippen molar-refractivity contribution in [3.8, 4) is 0 Å². The van der Waals surface area contributed by atoms with Crippen molar-refractivity contribution in [3.63, 3.8) is 0 Å². The van der Waals surface area contributed by atoms with Crippen LogP contribution in [-0.4, -0.2) is 37.6 Å². The lowest BCUT2D eigenvalue weighted by Gasteiger charge is -2.33. The van der Waals surface area contributed by atoms with E-state index in [1.54, 1.807) is 0 Å². The van der Waals surface area contributed by atoms with Crippen molar-refractivity contribution in [1.29, 1.82) is 0 Å². The molecule has 1 aliphatic rings. The van der Waals surface area contributed by atoms with Gasteiger partial charge in [-0.3, -0.25) is 0 Å². The molecule has 0 bridgehead atoms. The van der Waals surface area contributed by atoms with E-state index in [2.05, 4.69) is 45.0 Å². The summed E-state index contributed by atoms with van der Waals surface area (Å²) < 4.78 is 0. The van der Waals surface area contributed by atoms with Gasteiger partial charge in [0.15, 0.2) is 0 Å². The molecule has 0 heterocycles. The first kappa shape index (κ1) is 17.0. The van der Waals surface area contributed by atoms with Crippen LogP contribution in [-0.2, 0) is 0 Å². The molecule has 0 aromatic rings. The Bertz CT molecular complexity index is 226. The van der Waals surface area contributed by atoms with Crippen molar-refractivity contribution in [2.75, 3.05) is 26.7 Å². The highest BCUT2D eigenvalue weighted by atomic mass is 15.1. The first-order valence-corrected chi connectivity index (χ1v) is 8.35. The Morgan fingerprint density at radius 3 is 2.37 bits per heavy atom. The minimum Gasteiger partial charge on any atom is -0.313 e. The van der Waals surface area contributed by atoms with E-state index in [4.69, 9.17) is 0 Å². The molecule has 2 nitrogen and oxygen atoms in total. The summed E-state index contributed by atoms with van der Waals surface area (Å²) in [5, 5.41) is 3.73. The van der Waals surface area contributed by atoms with Crippen molar-refractivity contribution >= 4 is 0 Å². The fraction of sp³-hybridized carbons (Fsp3) is 1.00. The molecule has 1 rings (SSSR count). The van der Waals surface area contributed by atoms with Gasteiger partial charge in [0.1, 0.15) is 0 Å². The molecule has 0 amide bonds. The molecule has 1 fully saturated rings. The normalized spacial score (nSPS) is 19.3. The smallest absolute Gasteiger partial charge is 0.0128 e. The van der Waals surface area contributed by atoms with Crippen LogP contribution in [0.3, 0.4) is 0 Å². The van der Waals surface area contributed by atoms with Crippen LogP contribution < -0.4 is 5.32 Å². The fourth-order valence-electron chi connectivity index (χ4n) is 3.23. The molecular weight excluding hydrogens is 232 g/mol. The molecule has 1 saturated carbocycles. The summed E-state index contributed by atoms with van der Waals surface area (Å²) in [6.07, 6.45) is 8.34. The largest absolute Gasteiger partial charge is 0.313 e. The third kappa shape index (κ3) is 6.76. The highest BCUT2D eigenvalue weighted by molar-refractivity contribution is 4.81.